The highest BCUT2D eigenvalue weighted by molar-refractivity contribution is 7.47. The zero-order valence-corrected chi connectivity index (χ0v) is 67.4. The van der Waals surface area contributed by atoms with Crippen molar-refractivity contribution in [1.82, 2.24) is 0 Å². The summed E-state index contributed by atoms with van der Waals surface area (Å²) < 4.78 is 61.2. The number of phosphoric acid groups is 2. The third-order valence-corrected chi connectivity index (χ3v) is 18.6. The Kier molecular flexibility index (Phi) is 75.1. The maximum atomic E-state index is 13.0. The highest BCUT2D eigenvalue weighted by atomic mass is 31.2. The van der Waals surface area contributed by atoms with Crippen molar-refractivity contribution in [2.24, 2.45) is 0 Å². The van der Waals surface area contributed by atoms with Crippen molar-refractivity contribution >= 4 is 33.6 Å². The van der Waals surface area contributed by atoms with E-state index in [0.29, 0.717) is 19.3 Å². The summed E-state index contributed by atoms with van der Waals surface area (Å²) in [4.78, 5) is 58.7. The van der Waals surface area contributed by atoms with Crippen molar-refractivity contribution < 1.29 is 75.8 Å². The molecule has 0 rings (SSSR count). The van der Waals surface area contributed by atoms with Crippen LogP contribution in [0.2, 0.25) is 0 Å². The van der Waals surface area contributed by atoms with Gasteiger partial charge in [-0.05, 0) is 148 Å². The van der Waals surface area contributed by atoms with E-state index >= 15 is 0 Å². The second kappa shape index (κ2) is 78.7. The number of unbranched alkanes of at least 4 members (excludes halogenated alkanes) is 27. The average Bonchev–Trinajstić information content (AvgIpc) is 0.912. The van der Waals surface area contributed by atoms with Crippen LogP contribution >= 0.6 is 15.6 Å². The van der Waals surface area contributed by atoms with Gasteiger partial charge in [0.1, 0.15) is 25.4 Å². The summed E-state index contributed by atoms with van der Waals surface area (Å²) in [5.41, 5.74) is 0. The molecule has 600 valence electrons. The van der Waals surface area contributed by atoms with E-state index in [1.54, 1.807) is 0 Å². The number of carbonyl (C=O) groups excluding carboxylic acids is 3. The standard InChI is InChI=1S/C87H146O16P2/c1-4-7-10-13-16-19-22-25-27-29-31-33-35-37-39-40-42-44-45-47-49-51-53-56-58-61-64-67-70-73-85(90)97-76-82(88)77-99-104(93,94)100-78-83(89)79-101-105(95,96)102-81-84(103-87(92)75-72-69-66-63-60-55-24-21-18-15-12-9-6-3)80-98-86(91)74-71-68-65-62-59-57-54-52-50-48-46-43-41-38-36-34-32-30-28-26-23-20-17-14-11-8-5-2/h7-8,10-11,16-17,19-21,24-28,31-34,37-39,41-42,44,46,48,82-84,88-89H,4-6,9,12-15,18,22-23,29-30,35-36,40,43,45,47,49-81H2,1-3H3,(H,93,94)(H,95,96)/b10-7-,11-8-,19-16-,20-17-,24-21-,27-25-,28-26-,33-31-,34-32-,39-37-,41-38-,44-42-,48-46-. The van der Waals surface area contributed by atoms with E-state index in [0.717, 1.165) is 186 Å². The van der Waals surface area contributed by atoms with Gasteiger partial charge in [0.15, 0.2) is 6.10 Å². The zero-order chi connectivity index (χ0) is 76.6. The predicted octanol–water partition coefficient (Wildman–Crippen LogP) is 24.2. The molecule has 0 saturated heterocycles. The summed E-state index contributed by atoms with van der Waals surface area (Å²) >= 11 is 0. The van der Waals surface area contributed by atoms with E-state index in [2.05, 4.69) is 179 Å². The summed E-state index contributed by atoms with van der Waals surface area (Å²) in [5, 5.41) is 20.6. The van der Waals surface area contributed by atoms with Crippen LogP contribution in [-0.4, -0.2) is 95.9 Å². The van der Waals surface area contributed by atoms with Crippen LogP contribution in [0.3, 0.4) is 0 Å². The van der Waals surface area contributed by atoms with E-state index in [9.17, 15) is 43.5 Å². The highest BCUT2D eigenvalue weighted by Gasteiger charge is 2.29. The number of hydrogen-bond acceptors (Lipinski definition) is 14. The number of allylic oxidation sites excluding steroid dienone is 26. The van der Waals surface area contributed by atoms with Gasteiger partial charge in [-0.2, -0.15) is 0 Å². The number of phosphoric ester groups is 2. The van der Waals surface area contributed by atoms with Crippen molar-refractivity contribution in [3.05, 3.63) is 158 Å². The lowest BCUT2D eigenvalue weighted by molar-refractivity contribution is -0.161. The number of aliphatic hydroxyl groups excluding tert-OH is 2. The number of carbonyl (C=O) groups is 3. The lowest BCUT2D eigenvalue weighted by Gasteiger charge is -2.21. The summed E-state index contributed by atoms with van der Waals surface area (Å²) in [5.74, 6) is -1.60. The molecule has 0 fully saturated rings. The minimum atomic E-state index is -4.94. The normalized spacial score (nSPS) is 14.8. The topological polar surface area (TPSA) is 231 Å². The molecule has 0 amide bonds. The van der Waals surface area contributed by atoms with Crippen molar-refractivity contribution in [3.8, 4) is 0 Å². The number of rotatable bonds is 76. The first kappa shape index (κ1) is 100. The first-order valence-electron chi connectivity index (χ1n) is 40.8. The van der Waals surface area contributed by atoms with Crippen LogP contribution in [0.15, 0.2) is 158 Å². The molecule has 105 heavy (non-hydrogen) atoms. The van der Waals surface area contributed by atoms with E-state index in [1.165, 1.54) is 70.6 Å². The van der Waals surface area contributed by atoms with Crippen molar-refractivity contribution in [3.63, 3.8) is 0 Å². The Labute approximate surface area is 638 Å². The van der Waals surface area contributed by atoms with Gasteiger partial charge in [-0.25, -0.2) is 9.13 Å². The molecular weight excluding hydrogens is 1360 g/mol. The summed E-state index contributed by atoms with van der Waals surface area (Å²) in [6.45, 7) is 2.42. The molecule has 0 spiro atoms. The molecule has 0 aliphatic carbocycles. The molecule has 5 unspecified atom stereocenters. The second-order valence-electron chi connectivity index (χ2n) is 26.8. The first-order valence-corrected chi connectivity index (χ1v) is 43.8. The third kappa shape index (κ3) is 80.0. The monoisotopic (exact) mass is 1510 g/mol. The van der Waals surface area contributed by atoms with Crippen LogP contribution in [0.4, 0.5) is 0 Å². The lowest BCUT2D eigenvalue weighted by Crippen LogP contribution is -2.30. The van der Waals surface area contributed by atoms with E-state index in [1.807, 2.05) is 0 Å². The van der Waals surface area contributed by atoms with Crippen LogP contribution < -0.4 is 0 Å². The smallest absolute Gasteiger partial charge is 0.463 e. The van der Waals surface area contributed by atoms with Gasteiger partial charge in [-0.3, -0.25) is 32.5 Å². The number of esters is 3. The molecule has 4 N–H and O–H groups in total. The Bertz CT molecular complexity index is 2540. The third-order valence-electron chi connectivity index (χ3n) is 16.7. The summed E-state index contributed by atoms with van der Waals surface area (Å²) in [7, 11) is -9.80. The zero-order valence-electron chi connectivity index (χ0n) is 65.6. The van der Waals surface area contributed by atoms with Crippen LogP contribution in [0, 0.1) is 0 Å². The Hall–Kier alpha value is -4.83. The molecule has 0 aromatic carbocycles. The van der Waals surface area contributed by atoms with Gasteiger partial charge in [0.25, 0.3) is 0 Å². The molecule has 18 heteroatoms. The van der Waals surface area contributed by atoms with Crippen LogP contribution in [0.25, 0.3) is 0 Å². The summed E-state index contributed by atoms with van der Waals surface area (Å²) in [6, 6.07) is 0. The van der Waals surface area contributed by atoms with Gasteiger partial charge in [-0.1, -0.05) is 307 Å². The van der Waals surface area contributed by atoms with E-state index < -0.39 is 91.5 Å². The number of ether oxygens (including phenoxy) is 3. The molecule has 0 heterocycles. The van der Waals surface area contributed by atoms with Crippen LogP contribution in [0.5, 0.6) is 0 Å². The fraction of sp³-hybridized carbons (Fsp3) is 0.667. The van der Waals surface area contributed by atoms with Gasteiger partial charge in [0.2, 0.25) is 0 Å². The highest BCUT2D eigenvalue weighted by Crippen LogP contribution is 2.45. The minimum absolute atomic E-state index is 0.0890. The molecule has 0 aromatic heterocycles. The summed E-state index contributed by atoms with van der Waals surface area (Å²) in [6.07, 6.45) is 98.6. The Morgan fingerprint density at radius 2 is 0.505 bits per heavy atom. The maximum Gasteiger partial charge on any atom is 0.472 e. The Morgan fingerprint density at radius 1 is 0.276 bits per heavy atom. The molecule has 0 bridgehead atoms. The fourth-order valence-corrected chi connectivity index (χ4v) is 12.2. The maximum absolute atomic E-state index is 13.0. The van der Waals surface area contributed by atoms with Crippen molar-refractivity contribution in [1.29, 1.82) is 0 Å². The molecule has 0 saturated carbocycles. The first-order chi connectivity index (χ1) is 51.2. The molecule has 0 aliphatic heterocycles. The molecule has 16 nitrogen and oxygen atoms in total. The number of hydrogen-bond donors (Lipinski definition) is 4. The van der Waals surface area contributed by atoms with Crippen LogP contribution in [-0.2, 0) is 55.8 Å². The molecular formula is C87H146O16P2. The lowest BCUT2D eigenvalue weighted by atomic mass is 10.1. The largest absolute Gasteiger partial charge is 0.472 e. The van der Waals surface area contributed by atoms with Crippen molar-refractivity contribution in [2.45, 2.75) is 334 Å². The SMILES string of the molecule is CC/C=C\C/C=C\C/C=C\C/C=C\C/C=C\C/C=C\CCCCCCCCCCCCC(=O)OCC(O)COP(=O)(O)OCC(O)COP(=O)(O)OCC(COC(=O)CCCCCCCCCC/C=C\C/C=C\C/C=C\C/C=C\C/C=C\C/C=C\CC)OC(=O)CCCCCCC/C=C\CCCCCC. The molecule has 5 atom stereocenters. The van der Waals surface area contributed by atoms with E-state index in [4.69, 9.17) is 32.3 Å². The quantitative estimate of drug-likeness (QED) is 0.0146. The Balaban J connectivity index is 4.53. The van der Waals surface area contributed by atoms with Gasteiger partial charge in [-0.15, -0.1) is 0 Å². The minimum Gasteiger partial charge on any atom is -0.463 e. The van der Waals surface area contributed by atoms with Crippen LogP contribution in [0.1, 0.15) is 316 Å². The van der Waals surface area contributed by atoms with Crippen molar-refractivity contribution in [2.75, 3.05) is 39.6 Å². The van der Waals surface area contributed by atoms with E-state index in [-0.39, 0.29) is 19.3 Å². The van der Waals surface area contributed by atoms with Gasteiger partial charge in [0.05, 0.1) is 26.4 Å². The number of aliphatic hydroxyl groups is 2. The average molecular weight is 1510 g/mol. The second-order valence-corrected chi connectivity index (χ2v) is 29.7. The predicted molar refractivity (Wildman–Crippen MR) is 435 cm³/mol. The van der Waals surface area contributed by atoms with Gasteiger partial charge >= 0.3 is 33.6 Å². The fourth-order valence-electron chi connectivity index (χ4n) is 10.6. The molecule has 0 radical (unpaired) electrons. The molecule has 0 aliphatic rings. The van der Waals surface area contributed by atoms with Gasteiger partial charge < -0.3 is 34.2 Å². The Morgan fingerprint density at radius 3 is 0.810 bits per heavy atom. The van der Waals surface area contributed by atoms with Gasteiger partial charge in [0, 0.05) is 19.3 Å². The molecule has 0 aromatic rings.